The predicted molar refractivity (Wildman–Crippen MR) is 100 cm³/mol. The molecule has 1 amide bonds. The van der Waals surface area contributed by atoms with Crippen molar-refractivity contribution in [2.75, 3.05) is 23.3 Å². The van der Waals surface area contributed by atoms with Gasteiger partial charge in [-0.05, 0) is 44.9 Å². The van der Waals surface area contributed by atoms with E-state index in [9.17, 15) is 19.1 Å². The largest absolute Gasteiger partial charge is 0.481 e. The number of morpholine rings is 1. The fourth-order valence-electron chi connectivity index (χ4n) is 4.25. The molecule has 3 rings (SSSR count). The van der Waals surface area contributed by atoms with Crippen LogP contribution in [0.1, 0.15) is 46.0 Å². The van der Waals surface area contributed by atoms with Crippen molar-refractivity contribution in [1.82, 2.24) is 0 Å². The van der Waals surface area contributed by atoms with Gasteiger partial charge in [-0.2, -0.15) is 0 Å². The number of carbonyl (C=O) groups excluding carboxylic acids is 1. The minimum Gasteiger partial charge on any atom is -0.481 e. The third-order valence-electron chi connectivity index (χ3n) is 5.51. The van der Waals surface area contributed by atoms with Gasteiger partial charge in [-0.25, -0.2) is 4.39 Å². The quantitative estimate of drug-likeness (QED) is 0.821. The fraction of sp³-hybridized carbons (Fsp3) is 0.600. The Morgan fingerprint density at radius 1 is 1.26 bits per heavy atom. The molecule has 2 fully saturated rings. The van der Waals surface area contributed by atoms with Crippen molar-refractivity contribution >= 4 is 23.3 Å². The molecule has 6 nitrogen and oxygen atoms in total. The zero-order valence-electron chi connectivity index (χ0n) is 15.8. The average molecular weight is 378 g/mol. The lowest BCUT2D eigenvalue weighted by Crippen LogP contribution is -2.45. The van der Waals surface area contributed by atoms with Crippen LogP contribution < -0.4 is 10.2 Å². The highest BCUT2D eigenvalue weighted by Gasteiger charge is 2.43. The second kappa shape index (κ2) is 7.84. The normalized spacial score (nSPS) is 24.6. The first-order chi connectivity index (χ1) is 12.8. The van der Waals surface area contributed by atoms with Crippen molar-refractivity contribution in [2.24, 2.45) is 5.41 Å². The summed E-state index contributed by atoms with van der Waals surface area (Å²) in [6.45, 7) is 5.12. The molecule has 1 aromatic rings. The summed E-state index contributed by atoms with van der Waals surface area (Å²) in [5.41, 5.74) is -0.162. The summed E-state index contributed by atoms with van der Waals surface area (Å²) in [7, 11) is 0. The van der Waals surface area contributed by atoms with Gasteiger partial charge in [0.05, 0.1) is 23.3 Å². The molecule has 0 unspecified atom stereocenters. The van der Waals surface area contributed by atoms with Crippen molar-refractivity contribution in [2.45, 2.75) is 58.2 Å². The van der Waals surface area contributed by atoms with Crippen molar-refractivity contribution in [3.63, 3.8) is 0 Å². The molecule has 27 heavy (non-hydrogen) atoms. The Bertz CT molecular complexity index is 708. The van der Waals surface area contributed by atoms with Crippen LogP contribution in [0.5, 0.6) is 0 Å². The topological polar surface area (TPSA) is 78.9 Å². The maximum Gasteiger partial charge on any atom is 0.310 e. The van der Waals surface area contributed by atoms with Crippen LogP contribution in [-0.2, 0) is 14.3 Å². The molecule has 1 saturated heterocycles. The first-order valence-electron chi connectivity index (χ1n) is 9.52. The number of hydrogen-bond donors (Lipinski definition) is 2. The van der Waals surface area contributed by atoms with E-state index in [2.05, 4.69) is 5.32 Å². The number of anilines is 2. The lowest BCUT2D eigenvalue weighted by Gasteiger charge is -2.37. The first kappa shape index (κ1) is 19.6. The van der Waals surface area contributed by atoms with Gasteiger partial charge >= 0.3 is 5.97 Å². The number of ether oxygens (including phenoxy) is 1. The molecule has 0 radical (unpaired) electrons. The first-order valence-corrected chi connectivity index (χ1v) is 9.52. The molecule has 7 heteroatoms. The van der Waals surface area contributed by atoms with Gasteiger partial charge in [-0.15, -0.1) is 0 Å². The second-order valence-corrected chi connectivity index (χ2v) is 7.85. The average Bonchev–Trinajstić information content (AvgIpc) is 3.03. The van der Waals surface area contributed by atoms with Crippen LogP contribution in [0.25, 0.3) is 0 Å². The highest BCUT2D eigenvalue weighted by atomic mass is 19.1. The highest BCUT2D eigenvalue weighted by molar-refractivity contribution is 5.94. The number of carboxylic acid groups (broad SMARTS) is 1. The summed E-state index contributed by atoms with van der Waals surface area (Å²) < 4.78 is 20.3. The molecule has 0 bridgehead atoms. The molecule has 1 heterocycles. The van der Waals surface area contributed by atoms with E-state index in [0.717, 1.165) is 12.8 Å². The van der Waals surface area contributed by atoms with E-state index in [1.54, 1.807) is 12.1 Å². The van der Waals surface area contributed by atoms with E-state index >= 15 is 0 Å². The van der Waals surface area contributed by atoms with Crippen LogP contribution >= 0.6 is 0 Å². The van der Waals surface area contributed by atoms with Gasteiger partial charge in [0.25, 0.3) is 0 Å². The SMILES string of the molecule is C[C@@H]1CN(c2ccc(NC(=O)CC3(C(=O)O)CCCC3)cc2F)C[C@@H](C)O1. The Balaban J connectivity index is 1.67. The summed E-state index contributed by atoms with van der Waals surface area (Å²) in [5.74, 6) is -1.73. The molecule has 2 atom stereocenters. The summed E-state index contributed by atoms with van der Waals surface area (Å²) in [4.78, 5) is 25.9. The number of benzene rings is 1. The Morgan fingerprint density at radius 3 is 2.44 bits per heavy atom. The molecular formula is C20H27FN2O4. The van der Waals surface area contributed by atoms with Crippen LogP contribution in [0.3, 0.4) is 0 Å². The van der Waals surface area contributed by atoms with Crippen molar-refractivity contribution in [3.8, 4) is 0 Å². The molecule has 1 aromatic carbocycles. The van der Waals surface area contributed by atoms with Gasteiger partial charge in [0.1, 0.15) is 5.82 Å². The minimum atomic E-state index is -0.983. The zero-order valence-corrected chi connectivity index (χ0v) is 15.8. The number of halogens is 1. The summed E-state index contributed by atoms with van der Waals surface area (Å²) in [6, 6.07) is 4.60. The molecule has 2 aliphatic rings. The van der Waals surface area contributed by atoms with Gasteiger partial charge in [0.15, 0.2) is 0 Å². The van der Waals surface area contributed by atoms with E-state index < -0.39 is 17.2 Å². The van der Waals surface area contributed by atoms with E-state index in [1.165, 1.54) is 6.07 Å². The van der Waals surface area contributed by atoms with Gasteiger partial charge in [0, 0.05) is 25.2 Å². The number of carboxylic acids is 1. The Kier molecular flexibility index (Phi) is 5.69. The molecule has 148 valence electrons. The third kappa shape index (κ3) is 4.40. The van der Waals surface area contributed by atoms with Crippen molar-refractivity contribution < 1.29 is 23.8 Å². The number of nitrogens with one attached hydrogen (secondary N) is 1. The number of aliphatic carboxylic acids is 1. The maximum absolute atomic E-state index is 14.6. The predicted octanol–water partition coefficient (Wildman–Crippen LogP) is 3.41. The number of hydrogen-bond acceptors (Lipinski definition) is 4. The lowest BCUT2D eigenvalue weighted by atomic mass is 9.82. The van der Waals surface area contributed by atoms with Crippen LogP contribution in [0.15, 0.2) is 18.2 Å². The minimum absolute atomic E-state index is 0.0196. The Hall–Kier alpha value is -2.15. The van der Waals surface area contributed by atoms with E-state index in [1.807, 2.05) is 18.7 Å². The lowest BCUT2D eigenvalue weighted by molar-refractivity contribution is -0.150. The van der Waals surface area contributed by atoms with Gasteiger partial charge < -0.3 is 20.1 Å². The van der Waals surface area contributed by atoms with E-state index in [0.29, 0.717) is 37.3 Å². The van der Waals surface area contributed by atoms with Crippen LogP contribution in [0.4, 0.5) is 15.8 Å². The third-order valence-corrected chi connectivity index (χ3v) is 5.51. The van der Waals surface area contributed by atoms with E-state index in [-0.39, 0.29) is 24.5 Å². The standard InChI is InChI=1S/C20H27FN2O4/c1-13-11-23(12-14(2)27-13)17-6-5-15(9-16(17)21)22-18(24)10-20(19(25)26)7-3-4-8-20/h5-6,9,13-14H,3-4,7-8,10-12H2,1-2H3,(H,22,24)(H,25,26)/t13-,14-/m1/s1. The molecule has 1 saturated carbocycles. The van der Waals surface area contributed by atoms with E-state index in [4.69, 9.17) is 4.74 Å². The smallest absolute Gasteiger partial charge is 0.310 e. The number of amides is 1. The molecule has 1 aliphatic carbocycles. The maximum atomic E-state index is 14.6. The number of carbonyl (C=O) groups is 2. The Morgan fingerprint density at radius 2 is 1.89 bits per heavy atom. The second-order valence-electron chi connectivity index (χ2n) is 7.85. The zero-order chi connectivity index (χ0) is 19.6. The molecule has 0 spiro atoms. The van der Waals surface area contributed by atoms with Gasteiger partial charge in [-0.1, -0.05) is 12.8 Å². The number of nitrogens with zero attached hydrogens (tertiary/aromatic N) is 1. The van der Waals surface area contributed by atoms with Crippen LogP contribution in [0.2, 0.25) is 0 Å². The Labute approximate surface area is 158 Å². The van der Waals surface area contributed by atoms with Gasteiger partial charge in [-0.3, -0.25) is 9.59 Å². The highest BCUT2D eigenvalue weighted by Crippen LogP contribution is 2.41. The number of rotatable bonds is 5. The van der Waals surface area contributed by atoms with Crippen molar-refractivity contribution in [3.05, 3.63) is 24.0 Å². The summed E-state index contributed by atoms with van der Waals surface area (Å²) in [6.07, 6.45) is 2.62. The van der Waals surface area contributed by atoms with Crippen LogP contribution in [-0.4, -0.2) is 42.3 Å². The monoisotopic (exact) mass is 378 g/mol. The fourth-order valence-corrected chi connectivity index (χ4v) is 4.25. The van der Waals surface area contributed by atoms with Gasteiger partial charge in [0.2, 0.25) is 5.91 Å². The molecule has 0 aromatic heterocycles. The summed E-state index contributed by atoms with van der Waals surface area (Å²) in [5, 5.41) is 12.1. The van der Waals surface area contributed by atoms with Crippen LogP contribution in [0, 0.1) is 11.2 Å². The molecular weight excluding hydrogens is 351 g/mol. The van der Waals surface area contributed by atoms with Crippen molar-refractivity contribution in [1.29, 1.82) is 0 Å². The molecule has 2 N–H and O–H groups in total. The molecule has 1 aliphatic heterocycles. The summed E-state index contributed by atoms with van der Waals surface area (Å²) >= 11 is 0.